The van der Waals surface area contributed by atoms with E-state index in [2.05, 4.69) is 15.0 Å². The summed E-state index contributed by atoms with van der Waals surface area (Å²) >= 11 is -1.28. The number of nitrogens with two attached hydrogens (primary N) is 1. The Morgan fingerprint density at radius 3 is 2.29 bits per heavy atom. The van der Waals surface area contributed by atoms with Crippen molar-refractivity contribution in [3.63, 3.8) is 0 Å². The van der Waals surface area contributed by atoms with E-state index in [1.165, 1.54) is 6.26 Å². The molecular weight excluding hydrogens is 328 g/mol. The molecule has 2 heterocycles. The highest BCUT2D eigenvalue weighted by Gasteiger charge is 2.14. The SMILES string of the molecule is COc1cc(OC)cc(-c2cc3cnc([S+](C)[O-])nc3nc2N)c1. The smallest absolute Gasteiger partial charge is 0.344 e. The van der Waals surface area contributed by atoms with Crippen LogP contribution in [0.3, 0.4) is 0 Å². The molecule has 0 aliphatic carbocycles. The van der Waals surface area contributed by atoms with Gasteiger partial charge in [0.15, 0.2) is 5.65 Å². The molecular formula is C16H16N4O3S. The van der Waals surface area contributed by atoms with Crippen LogP contribution in [0.1, 0.15) is 0 Å². The second-order valence-corrected chi connectivity index (χ2v) is 6.32. The lowest BCUT2D eigenvalue weighted by atomic mass is 10.0. The summed E-state index contributed by atoms with van der Waals surface area (Å²) < 4.78 is 22.1. The van der Waals surface area contributed by atoms with E-state index >= 15 is 0 Å². The third kappa shape index (κ3) is 3.06. The van der Waals surface area contributed by atoms with Crippen molar-refractivity contribution in [2.24, 2.45) is 0 Å². The second kappa shape index (κ2) is 6.50. The molecule has 0 saturated heterocycles. The molecule has 7 nitrogen and oxygen atoms in total. The van der Waals surface area contributed by atoms with Crippen molar-refractivity contribution in [3.05, 3.63) is 30.5 Å². The highest BCUT2D eigenvalue weighted by molar-refractivity contribution is 7.90. The number of ether oxygens (including phenoxy) is 2. The number of aromatic nitrogens is 3. The molecule has 0 fully saturated rings. The Morgan fingerprint density at radius 1 is 1.04 bits per heavy atom. The topological polar surface area (TPSA) is 106 Å². The number of hydrogen-bond donors (Lipinski definition) is 1. The molecule has 2 N–H and O–H groups in total. The first-order valence-electron chi connectivity index (χ1n) is 7.02. The summed E-state index contributed by atoms with van der Waals surface area (Å²) in [6.07, 6.45) is 3.10. The average molecular weight is 344 g/mol. The fourth-order valence-electron chi connectivity index (χ4n) is 2.29. The standard InChI is InChI=1S/C16H16N4O3S/c1-22-11-4-9(5-12(7-11)23-2)13-6-10-8-18-16(24(3)21)20-15(10)19-14(13)17/h4-8H,1-3H3,(H2,17,18,19,20). The normalized spacial score (nSPS) is 12.2. The fourth-order valence-corrected chi connectivity index (χ4v) is 2.71. The number of methoxy groups -OCH3 is 2. The number of fused-ring (bicyclic) bond motifs is 1. The first-order valence-corrected chi connectivity index (χ1v) is 8.57. The molecule has 1 aromatic carbocycles. The number of pyridine rings is 1. The highest BCUT2D eigenvalue weighted by atomic mass is 32.2. The quantitative estimate of drug-likeness (QED) is 0.570. The molecule has 0 aliphatic heterocycles. The van der Waals surface area contributed by atoms with Gasteiger partial charge in [0, 0.05) is 34.4 Å². The van der Waals surface area contributed by atoms with Gasteiger partial charge in [-0.25, -0.2) is 4.98 Å². The van der Waals surface area contributed by atoms with E-state index in [4.69, 9.17) is 15.2 Å². The number of anilines is 1. The highest BCUT2D eigenvalue weighted by Crippen LogP contribution is 2.33. The molecule has 0 radical (unpaired) electrons. The zero-order valence-corrected chi connectivity index (χ0v) is 14.3. The van der Waals surface area contributed by atoms with Crippen molar-refractivity contribution < 1.29 is 14.0 Å². The van der Waals surface area contributed by atoms with Crippen molar-refractivity contribution >= 4 is 28.0 Å². The van der Waals surface area contributed by atoms with E-state index < -0.39 is 11.2 Å². The van der Waals surface area contributed by atoms with Crippen molar-refractivity contribution in [1.29, 1.82) is 0 Å². The van der Waals surface area contributed by atoms with Gasteiger partial charge < -0.3 is 19.8 Å². The summed E-state index contributed by atoms with van der Waals surface area (Å²) in [5, 5.41) is 0.931. The lowest BCUT2D eigenvalue weighted by Gasteiger charge is -2.11. The molecule has 8 heteroatoms. The van der Waals surface area contributed by atoms with Gasteiger partial charge in [-0.3, -0.25) is 0 Å². The van der Waals surface area contributed by atoms with E-state index in [1.54, 1.807) is 26.5 Å². The van der Waals surface area contributed by atoms with Crippen molar-refractivity contribution in [3.8, 4) is 22.6 Å². The lowest BCUT2D eigenvalue weighted by Crippen LogP contribution is -2.05. The molecule has 1 unspecified atom stereocenters. The monoisotopic (exact) mass is 344 g/mol. The molecule has 3 aromatic rings. The predicted molar refractivity (Wildman–Crippen MR) is 92.6 cm³/mol. The summed E-state index contributed by atoms with van der Waals surface area (Å²) in [5.74, 6) is 1.61. The van der Waals surface area contributed by atoms with Crippen LogP contribution in [0.2, 0.25) is 0 Å². The van der Waals surface area contributed by atoms with Crippen LogP contribution in [0.5, 0.6) is 11.5 Å². The third-order valence-electron chi connectivity index (χ3n) is 3.50. The van der Waals surface area contributed by atoms with Crippen LogP contribution >= 0.6 is 0 Å². The number of benzene rings is 1. The minimum Gasteiger partial charge on any atom is -0.609 e. The van der Waals surface area contributed by atoms with Crippen LogP contribution in [0.15, 0.2) is 35.6 Å². The average Bonchev–Trinajstić information content (AvgIpc) is 2.59. The summed E-state index contributed by atoms with van der Waals surface area (Å²) in [6, 6.07) is 7.31. The Kier molecular flexibility index (Phi) is 4.41. The van der Waals surface area contributed by atoms with Gasteiger partial charge in [0.25, 0.3) is 0 Å². The van der Waals surface area contributed by atoms with Crippen LogP contribution in [0.25, 0.3) is 22.2 Å². The van der Waals surface area contributed by atoms with Crippen LogP contribution in [0, 0.1) is 0 Å². The summed E-state index contributed by atoms with van der Waals surface area (Å²) in [5.41, 5.74) is 8.03. The maximum Gasteiger partial charge on any atom is 0.344 e. The van der Waals surface area contributed by atoms with E-state index in [0.717, 1.165) is 5.56 Å². The third-order valence-corrected chi connectivity index (χ3v) is 4.21. The van der Waals surface area contributed by atoms with Gasteiger partial charge in [-0.1, -0.05) is 0 Å². The molecule has 3 rings (SSSR count). The van der Waals surface area contributed by atoms with Gasteiger partial charge in [-0.15, -0.1) is 0 Å². The van der Waals surface area contributed by atoms with E-state index in [9.17, 15) is 4.55 Å². The Balaban J connectivity index is 2.16. The first-order chi connectivity index (χ1) is 11.5. The van der Waals surface area contributed by atoms with Gasteiger partial charge in [0.1, 0.15) is 23.6 Å². The Hall–Kier alpha value is -2.58. The summed E-state index contributed by atoms with van der Waals surface area (Å²) in [7, 11) is 3.17. The molecule has 1 atom stereocenters. The molecule has 24 heavy (non-hydrogen) atoms. The molecule has 2 aromatic heterocycles. The van der Waals surface area contributed by atoms with Crippen molar-refractivity contribution in [2.45, 2.75) is 5.16 Å². The summed E-state index contributed by atoms with van der Waals surface area (Å²) in [4.78, 5) is 12.6. The van der Waals surface area contributed by atoms with Gasteiger partial charge in [0.2, 0.25) is 0 Å². The van der Waals surface area contributed by atoms with Crippen LogP contribution in [-0.2, 0) is 11.2 Å². The Bertz CT molecular complexity index is 880. The predicted octanol–water partition coefficient (Wildman–Crippen LogP) is 2.03. The first kappa shape index (κ1) is 16.3. The van der Waals surface area contributed by atoms with E-state index in [0.29, 0.717) is 33.9 Å². The van der Waals surface area contributed by atoms with Crippen molar-refractivity contribution in [1.82, 2.24) is 15.0 Å². The molecule has 0 bridgehead atoms. The molecule has 0 spiro atoms. The van der Waals surface area contributed by atoms with Crippen molar-refractivity contribution in [2.75, 3.05) is 26.2 Å². The molecule has 124 valence electrons. The number of hydrogen-bond acceptors (Lipinski definition) is 7. The number of rotatable bonds is 4. The number of nitrogen functional groups attached to an aromatic ring is 1. The number of nitrogens with zero attached hydrogens (tertiary/aromatic N) is 3. The van der Waals surface area contributed by atoms with Gasteiger partial charge in [-0.05, 0) is 23.8 Å². The molecule has 0 amide bonds. The lowest BCUT2D eigenvalue weighted by molar-refractivity contribution is 0.394. The Labute approximate surface area is 142 Å². The van der Waals surface area contributed by atoms with E-state index in [-0.39, 0.29) is 5.16 Å². The van der Waals surface area contributed by atoms with Gasteiger partial charge in [0.05, 0.1) is 14.2 Å². The largest absolute Gasteiger partial charge is 0.609 e. The van der Waals surface area contributed by atoms with Crippen LogP contribution < -0.4 is 15.2 Å². The maximum atomic E-state index is 11.5. The van der Waals surface area contributed by atoms with Crippen LogP contribution in [-0.4, -0.2) is 40.0 Å². The minimum atomic E-state index is -1.28. The van der Waals surface area contributed by atoms with E-state index in [1.807, 2.05) is 18.2 Å². The Morgan fingerprint density at radius 2 is 1.71 bits per heavy atom. The second-order valence-electron chi connectivity index (χ2n) is 5.04. The zero-order chi connectivity index (χ0) is 17.3. The minimum absolute atomic E-state index is 0.227. The molecule has 0 saturated carbocycles. The molecule has 0 aliphatic rings. The van der Waals surface area contributed by atoms with Gasteiger partial charge >= 0.3 is 5.16 Å². The fraction of sp³-hybridized carbons (Fsp3) is 0.188. The van der Waals surface area contributed by atoms with Gasteiger partial charge in [-0.2, -0.15) is 9.97 Å². The summed E-state index contributed by atoms with van der Waals surface area (Å²) in [6.45, 7) is 0. The zero-order valence-electron chi connectivity index (χ0n) is 13.4. The maximum absolute atomic E-state index is 11.5. The van der Waals surface area contributed by atoms with Crippen LogP contribution in [0.4, 0.5) is 5.82 Å².